The molecule has 0 spiro atoms. The highest BCUT2D eigenvalue weighted by molar-refractivity contribution is 5.91. The molecule has 0 aliphatic rings. The van der Waals surface area contributed by atoms with E-state index in [1.54, 1.807) is 6.92 Å². The Morgan fingerprint density at radius 2 is 1.85 bits per heavy atom. The van der Waals surface area contributed by atoms with E-state index in [-0.39, 0.29) is 24.6 Å². The number of carbonyl (C=O) groups excluding carboxylic acids is 1. The predicted octanol–water partition coefficient (Wildman–Crippen LogP) is 4.10. The first kappa shape index (κ1) is 20.5. The Hall–Kier alpha value is -2.81. The number of aliphatic hydroxyl groups excluding tert-OH is 1. The summed E-state index contributed by atoms with van der Waals surface area (Å²) in [5.41, 5.74) is -0.709. The van der Waals surface area contributed by atoms with Crippen LogP contribution in [0.25, 0.3) is 0 Å². The van der Waals surface area contributed by atoms with Crippen LogP contribution in [0.5, 0.6) is 5.75 Å². The summed E-state index contributed by atoms with van der Waals surface area (Å²) in [5, 5.41) is 14.6. The third kappa shape index (κ3) is 5.85. The van der Waals surface area contributed by atoms with E-state index in [0.717, 1.165) is 30.3 Å². The molecule has 9 heteroatoms. The van der Waals surface area contributed by atoms with Gasteiger partial charge in [0, 0.05) is 6.54 Å². The van der Waals surface area contributed by atoms with Crippen molar-refractivity contribution in [2.75, 3.05) is 18.5 Å². The summed E-state index contributed by atoms with van der Waals surface area (Å²) in [6, 6.07) is 6.96. The molecule has 0 saturated carbocycles. The molecule has 2 aromatic carbocycles. The maximum absolute atomic E-state index is 12.9. The zero-order valence-electron chi connectivity index (χ0n) is 14.3. The van der Waals surface area contributed by atoms with Gasteiger partial charge >= 0.3 is 12.2 Å². The molecular weight excluding hydrogens is 368 g/mol. The fourth-order valence-electron chi connectivity index (χ4n) is 2.24. The Morgan fingerprint density at radius 1 is 1.19 bits per heavy atom. The van der Waals surface area contributed by atoms with Crippen LogP contribution < -0.4 is 15.4 Å². The number of nitrogens with one attached hydrogen (secondary N) is 2. The van der Waals surface area contributed by atoms with Crippen LogP contribution in [0, 0.1) is 5.82 Å². The van der Waals surface area contributed by atoms with Crippen molar-refractivity contribution in [2.45, 2.75) is 19.2 Å². The molecule has 0 fully saturated rings. The predicted molar refractivity (Wildman–Crippen MR) is 91.0 cm³/mol. The van der Waals surface area contributed by atoms with Crippen LogP contribution in [-0.4, -0.2) is 24.3 Å². The van der Waals surface area contributed by atoms with E-state index >= 15 is 0 Å². The van der Waals surface area contributed by atoms with Gasteiger partial charge in [0.1, 0.15) is 11.6 Å². The molecule has 0 radical (unpaired) electrons. The van der Waals surface area contributed by atoms with Crippen molar-refractivity contribution in [1.29, 1.82) is 0 Å². The zero-order chi connectivity index (χ0) is 20.0. The fraction of sp³-hybridized carbons (Fsp3) is 0.278. The van der Waals surface area contributed by atoms with Gasteiger partial charge in [-0.15, -0.1) is 0 Å². The largest absolute Gasteiger partial charge is 0.492 e. The molecule has 3 N–H and O–H groups in total. The standard InChI is InChI=1S/C18H18F4N2O3/c1-2-27-16-8-5-12(18(20,21)22)9-14(16)24-17(26)23-10-15(25)11-3-6-13(19)7-4-11/h3-9,15,25H,2,10H2,1H3,(H2,23,24,26). The molecule has 2 rings (SSSR count). The first-order chi connectivity index (χ1) is 12.7. The minimum Gasteiger partial charge on any atom is -0.492 e. The van der Waals surface area contributed by atoms with Gasteiger partial charge in [0.15, 0.2) is 0 Å². The second kappa shape index (κ2) is 8.72. The van der Waals surface area contributed by atoms with E-state index in [9.17, 15) is 27.5 Å². The Labute approximate surface area is 153 Å². The van der Waals surface area contributed by atoms with Crippen molar-refractivity contribution in [1.82, 2.24) is 5.32 Å². The third-order valence-electron chi connectivity index (χ3n) is 3.57. The highest BCUT2D eigenvalue weighted by atomic mass is 19.4. The summed E-state index contributed by atoms with van der Waals surface area (Å²) in [4.78, 5) is 12.0. The van der Waals surface area contributed by atoms with Gasteiger partial charge in [-0.05, 0) is 42.8 Å². The van der Waals surface area contributed by atoms with E-state index in [1.807, 2.05) is 0 Å². The monoisotopic (exact) mass is 386 g/mol. The number of ether oxygens (including phenoxy) is 1. The normalized spacial score (nSPS) is 12.4. The van der Waals surface area contributed by atoms with Crippen LogP contribution in [0.1, 0.15) is 24.2 Å². The molecule has 2 amide bonds. The summed E-state index contributed by atoms with van der Waals surface area (Å²) < 4.78 is 56.7. The lowest BCUT2D eigenvalue weighted by Crippen LogP contribution is -2.32. The molecule has 5 nitrogen and oxygen atoms in total. The van der Waals surface area contributed by atoms with Crippen LogP contribution in [0.2, 0.25) is 0 Å². The van der Waals surface area contributed by atoms with Crippen LogP contribution >= 0.6 is 0 Å². The third-order valence-corrected chi connectivity index (χ3v) is 3.57. The van der Waals surface area contributed by atoms with Crippen molar-refractivity contribution >= 4 is 11.7 Å². The Kier molecular flexibility index (Phi) is 6.62. The van der Waals surface area contributed by atoms with Crippen molar-refractivity contribution < 1.29 is 32.2 Å². The molecule has 146 valence electrons. The highest BCUT2D eigenvalue weighted by Crippen LogP contribution is 2.35. The molecule has 0 aliphatic heterocycles. The Balaban J connectivity index is 2.04. The molecular formula is C18H18F4N2O3. The van der Waals surface area contributed by atoms with Gasteiger partial charge in [-0.2, -0.15) is 13.2 Å². The van der Waals surface area contributed by atoms with E-state index in [0.29, 0.717) is 5.56 Å². The van der Waals surface area contributed by atoms with Gasteiger partial charge in [0.05, 0.1) is 24.0 Å². The van der Waals surface area contributed by atoms with E-state index in [2.05, 4.69) is 10.6 Å². The smallest absolute Gasteiger partial charge is 0.416 e. The first-order valence-electron chi connectivity index (χ1n) is 8.03. The molecule has 1 atom stereocenters. The summed E-state index contributed by atoms with van der Waals surface area (Å²) in [6.07, 6.45) is -5.68. The van der Waals surface area contributed by atoms with E-state index in [1.165, 1.54) is 12.1 Å². The summed E-state index contributed by atoms with van der Waals surface area (Å²) in [6.45, 7) is 1.63. The molecule has 0 bridgehead atoms. The Bertz CT molecular complexity index is 779. The molecule has 1 unspecified atom stereocenters. The summed E-state index contributed by atoms with van der Waals surface area (Å²) >= 11 is 0. The summed E-state index contributed by atoms with van der Waals surface area (Å²) in [7, 11) is 0. The number of benzene rings is 2. The number of hydrogen-bond acceptors (Lipinski definition) is 3. The molecule has 2 aromatic rings. The molecule has 0 heterocycles. The van der Waals surface area contributed by atoms with Crippen LogP contribution in [0.3, 0.4) is 0 Å². The number of rotatable bonds is 6. The number of hydrogen-bond donors (Lipinski definition) is 3. The quantitative estimate of drug-likeness (QED) is 0.655. The number of amides is 2. The number of aliphatic hydroxyl groups is 1. The summed E-state index contributed by atoms with van der Waals surface area (Å²) in [5.74, 6) is -0.385. The number of anilines is 1. The second-order valence-electron chi connectivity index (χ2n) is 5.54. The minimum absolute atomic E-state index is 0.0831. The molecule has 0 aromatic heterocycles. The topological polar surface area (TPSA) is 70.6 Å². The lowest BCUT2D eigenvalue weighted by molar-refractivity contribution is -0.137. The van der Waals surface area contributed by atoms with Gasteiger partial charge in [-0.3, -0.25) is 0 Å². The van der Waals surface area contributed by atoms with Gasteiger partial charge in [0.25, 0.3) is 0 Å². The molecule has 0 aliphatic carbocycles. The maximum Gasteiger partial charge on any atom is 0.416 e. The van der Waals surface area contributed by atoms with E-state index in [4.69, 9.17) is 4.74 Å². The lowest BCUT2D eigenvalue weighted by Gasteiger charge is -2.16. The number of halogens is 4. The van der Waals surface area contributed by atoms with E-state index < -0.39 is 29.7 Å². The van der Waals surface area contributed by atoms with Gasteiger partial charge in [-0.25, -0.2) is 9.18 Å². The van der Waals surface area contributed by atoms with Crippen LogP contribution in [-0.2, 0) is 6.18 Å². The number of urea groups is 1. The van der Waals surface area contributed by atoms with Crippen molar-refractivity contribution in [3.05, 3.63) is 59.4 Å². The Morgan fingerprint density at radius 3 is 2.44 bits per heavy atom. The van der Waals surface area contributed by atoms with Crippen molar-refractivity contribution in [3.8, 4) is 5.75 Å². The SMILES string of the molecule is CCOc1ccc(C(F)(F)F)cc1NC(=O)NCC(O)c1ccc(F)cc1. The van der Waals surface area contributed by atoms with Gasteiger partial charge in [0.2, 0.25) is 0 Å². The average Bonchev–Trinajstić information content (AvgIpc) is 2.61. The highest BCUT2D eigenvalue weighted by Gasteiger charge is 2.31. The maximum atomic E-state index is 12.9. The van der Waals surface area contributed by atoms with Gasteiger partial charge in [-0.1, -0.05) is 12.1 Å². The molecule has 0 saturated heterocycles. The number of carbonyl (C=O) groups is 1. The number of alkyl halides is 3. The van der Waals surface area contributed by atoms with Crippen molar-refractivity contribution in [3.63, 3.8) is 0 Å². The zero-order valence-corrected chi connectivity index (χ0v) is 14.3. The lowest BCUT2D eigenvalue weighted by atomic mass is 10.1. The van der Waals surface area contributed by atoms with Crippen molar-refractivity contribution in [2.24, 2.45) is 0 Å². The van der Waals surface area contributed by atoms with Crippen LogP contribution in [0.15, 0.2) is 42.5 Å². The van der Waals surface area contributed by atoms with Crippen LogP contribution in [0.4, 0.5) is 28.0 Å². The average molecular weight is 386 g/mol. The van der Waals surface area contributed by atoms with Gasteiger partial charge < -0.3 is 20.5 Å². The first-order valence-corrected chi connectivity index (χ1v) is 8.03. The second-order valence-corrected chi connectivity index (χ2v) is 5.54. The molecule has 27 heavy (non-hydrogen) atoms. The fourth-order valence-corrected chi connectivity index (χ4v) is 2.24. The minimum atomic E-state index is -4.57.